The van der Waals surface area contributed by atoms with E-state index in [1.54, 1.807) is 25.4 Å². The third kappa shape index (κ3) is 4.32. The molecule has 0 radical (unpaired) electrons. The molecule has 0 bridgehead atoms. The Bertz CT molecular complexity index is 1400. The van der Waals surface area contributed by atoms with Crippen LogP contribution in [0, 0.1) is 12.9 Å². The second-order valence-corrected chi connectivity index (χ2v) is 8.18. The van der Waals surface area contributed by atoms with Crippen LogP contribution in [0.5, 0.6) is 5.75 Å². The van der Waals surface area contributed by atoms with Gasteiger partial charge in [0.25, 0.3) is 5.56 Å². The van der Waals surface area contributed by atoms with Crippen molar-refractivity contribution in [3.05, 3.63) is 76.1 Å². The molecule has 33 heavy (non-hydrogen) atoms. The van der Waals surface area contributed by atoms with E-state index in [0.29, 0.717) is 28.6 Å². The first kappa shape index (κ1) is 22.5. The van der Waals surface area contributed by atoms with Crippen molar-refractivity contribution in [2.24, 2.45) is 0 Å². The van der Waals surface area contributed by atoms with E-state index in [1.807, 2.05) is 44.3 Å². The number of H-pyrrole nitrogens is 1. The van der Waals surface area contributed by atoms with Crippen LogP contribution >= 0.6 is 0 Å². The van der Waals surface area contributed by atoms with Gasteiger partial charge in [0.1, 0.15) is 11.6 Å². The fourth-order valence-corrected chi connectivity index (χ4v) is 3.98. The molecule has 0 atom stereocenters. The number of fused-ring (bicyclic) bond motifs is 1. The summed E-state index contributed by atoms with van der Waals surface area (Å²) < 4.78 is 20.5. The van der Waals surface area contributed by atoms with Crippen LogP contribution in [0.4, 0.5) is 10.2 Å². The van der Waals surface area contributed by atoms with E-state index >= 15 is 0 Å². The van der Waals surface area contributed by atoms with Crippen molar-refractivity contribution in [3.63, 3.8) is 0 Å². The smallest absolute Gasteiger partial charge is 0.255 e. The zero-order valence-electron chi connectivity index (χ0n) is 19.2. The average molecular weight is 447 g/mol. The van der Waals surface area contributed by atoms with Gasteiger partial charge < -0.3 is 20.4 Å². The van der Waals surface area contributed by atoms with Crippen LogP contribution in [0.1, 0.15) is 18.1 Å². The minimum atomic E-state index is -0.635. The van der Waals surface area contributed by atoms with Crippen LogP contribution in [0.3, 0.4) is 0 Å². The van der Waals surface area contributed by atoms with E-state index in [1.165, 1.54) is 0 Å². The van der Waals surface area contributed by atoms with E-state index in [0.717, 1.165) is 34.4 Å². The van der Waals surface area contributed by atoms with Crippen molar-refractivity contribution < 1.29 is 9.13 Å². The number of halogens is 1. The van der Waals surface area contributed by atoms with Crippen LogP contribution in [-0.4, -0.2) is 35.6 Å². The van der Waals surface area contributed by atoms with Gasteiger partial charge in [-0.25, -0.2) is 4.98 Å². The van der Waals surface area contributed by atoms with Gasteiger partial charge in [0.05, 0.1) is 7.11 Å². The van der Waals surface area contributed by atoms with Gasteiger partial charge in [0, 0.05) is 34.8 Å². The van der Waals surface area contributed by atoms with Crippen LogP contribution < -0.4 is 16.0 Å². The van der Waals surface area contributed by atoms with E-state index < -0.39 is 5.95 Å². The summed E-state index contributed by atoms with van der Waals surface area (Å²) in [5.74, 6) is 0.209. The number of nitrogen functional groups attached to an aromatic ring is 1. The van der Waals surface area contributed by atoms with Crippen molar-refractivity contribution >= 4 is 16.6 Å². The van der Waals surface area contributed by atoms with Crippen LogP contribution in [0.25, 0.3) is 33.0 Å². The van der Waals surface area contributed by atoms with Gasteiger partial charge in [-0.2, -0.15) is 4.39 Å². The van der Waals surface area contributed by atoms with Gasteiger partial charge in [-0.1, -0.05) is 19.1 Å². The predicted octanol–water partition coefficient (Wildman–Crippen LogP) is 4.75. The lowest BCUT2D eigenvalue weighted by atomic mass is 9.97. The van der Waals surface area contributed by atoms with E-state index in [9.17, 15) is 9.18 Å². The van der Waals surface area contributed by atoms with Gasteiger partial charge in [0.15, 0.2) is 0 Å². The number of ether oxygens (including phenoxy) is 1. The maximum Gasteiger partial charge on any atom is 0.255 e. The van der Waals surface area contributed by atoms with Crippen molar-refractivity contribution in [3.8, 4) is 28.0 Å². The Balaban J connectivity index is 1.85. The molecule has 2 aromatic carbocycles. The zero-order chi connectivity index (χ0) is 23.7. The number of anilines is 1. The van der Waals surface area contributed by atoms with E-state index in [-0.39, 0.29) is 11.4 Å². The summed E-state index contributed by atoms with van der Waals surface area (Å²) >= 11 is 0. The minimum absolute atomic E-state index is 0.0949. The second kappa shape index (κ2) is 9.03. The Morgan fingerprint density at radius 1 is 1.09 bits per heavy atom. The lowest BCUT2D eigenvalue weighted by Crippen LogP contribution is -2.17. The molecule has 0 spiro atoms. The number of benzene rings is 2. The molecule has 6 nitrogen and oxygen atoms in total. The molecule has 3 N–H and O–H groups in total. The highest BCUT2D eigenvalue weighted by atomic mass is 19.1. The first-order chi connectivity index (χ1) is 15.8. The molecule has 0 aliphatic heterocycles. The predicted molar refractivity (Wildman–Crippen MR) is 131 cm³/mol. The number of hydrogen-bond acceptors (Lipinski definition) is 5. The van der Waals surface area contributed by atoms with Gasteiger partial charge in [0.2, 0.25) is 5.95 Å². The summed E-state index contributed by atoms with van der Waals surface area (Å²) in [6.45, 7) is 5.54. The molecule has 170 valence electrons. The molecular weight excluding hydrogens is 419 g/mol. The summed E-state index contributed by atoms with van der Waals surface area (Å²) in [7, 11) is 3.64. The van der Waals surface area contributed by atoms with Crippen molar-refractivity contribution in [2.45, 2.75) is 20.4 Å². The van der Waals surface area contributed by atoms with Gasteiger partial charge in [-0.05, 0) is 72.9 Å². The highest BCUT2D eigenvalue weighted by Gasteiger charge is 2.16. The largest absolute Gasteiger partial charge is 0.496 e. The fourth-order valence-electron chi connectivity index (χ4n) is 3.98. The molecule has 0 saturated carbocycles. The van der Waals surface area contributed by atoms with Crippen LogP contribution in [0.2, 0.25) is 0 Å². The lowest BCUT2D eigenvalue weighted by Gasteiger charge is -2.18. The number of nitrogens with two attached hydrogens (primary N) is 1. The molecule has 0 amide bonds. The quantitative estimate of drug-likeness (QED) is 0.418. The average Bonchev–Trinajstić information content (AvgIpc) is 2.81. The fraction of sp³-hybridized carbons (Fsp3) is 0.231. The number of rotatable bonds is 6. The highest BCUT2D eigenvalue weighted by molar-refractivity contribution is 5.91. The molecule has 0 unspecified atom stereocenters. The number of pyridine rings is 2. The zero-order valence-corrected chi connectivity index (χ0v) is 19.2. The standard InChI is InChI=1S/C26H27FN4O2/c1-5-31(3)14-18-10-16(7-9-23(18)33-4)21-12-22(25(28)30-24(21)27)17-6-8-19-20(11-17)15(2)13-29-26(19)32/h6-13H,5,14H2,1-4H3,(H2,28,30)(H,29,32). The summed E-state index contributed by atoms with van der Waals surface area (Å²) in [5.41, 5.74) is 10.3. The number of nitrogens with one attached hydrogen (secondary N) is 1. The number of aromatic amines is 1. The van der Waals surface area contributed by atoms with Crippen molar-refractivity contribution in [2.75, 3.05) is 26.4 Å². The minimum Gasteiger partial charge on any atom is -0.496 e. The first-order valence-electron chi connectivity index (χ1n) is 10.8. The summed E-state index contributed by atoms with van der Waals surface area (Å²) in [6, 6.07) is 12.8. The molecule has 0 aliphatic carbocycles. The first-order valence-corrected chi connectivity index (χ1v) is 10.8. The molecule has 0 fully saturated rings. The number of nitrogens with zero attached hydrogens (tertiary/aromatic N) is 2. The van der Waals surface area contributed by atoms with Gasteiger partial charge >= 0.3 is 0 Å². The third-order valence-electron chi connectivity index (χ3n) is 6.00. The van der Waals surface area contributed by atoms with Crippen LogP contribution in [-0.2, 0) is 6.54 Å². The Kier molecular flexibility index (Phi) is 6.16. The molecule has 2 aromatic heterocycles. The van der Waals surface area contributed by atoms with Crippen molar-refractivity contribution in [1.29, 1.82) is 0 Å². The molecule has 7 heteroatoms. The molecule has 0 aliphatic rings. The Labute approximate surface area is 191 Å². The Morgan fingerprint density at radius 3 is 2.55 bits per heavy atom. The summed E-state index contributed by atoms with van der Waals surface area (Å²) in [4.78, 5) is 21.0. The Hall–Kier alpha value is -3.71. The maximum atomic E-state index is 15.0. The molecule has 4 aromatic rings. The number of aryl methyl sites for hydroxylation is 1. The topological polar surface area (TPSA) is 84.2 Å². The highest BCUT2D eigenvalue weighted by Crippen LogP contribution is 2.35. The molecule has 0 saturated heterocycles. The van der Waals surface area contributed by atoms with E-state index in [4.69, 9.17) is 10.5 Å². The normalized spacial score (nSPS) is 11.3. The summed E-state index contributed by atoms with van der Waals surface area (Å²) in [5, 5.41) is 1.41. The number of aromatic nitrogens is 2. The SMILES string of the molecule is CCN(C)Cc1cc(-c2cc(-c3ccc4c(=O)[nH]cc(C)c4c3)c(N)nc2F)ccc1OC. The van der Waals surface area contributed by atoms with E-state index in [2.05, 4.69) is 21.8 Å². The van der Waals surface area contributed by atoms with Crippen LogP contribution in [0.15, 0.2) is 53.5 Å². The van der Waals surface area contributed by atoms with Gasteiger partial charge in [-0.15, -0.1) is 0 Å². The molecule has 2 heterocycles. The second-order valence-electron chi connectivity index (χ2n) is 8.18. The van der Waals surface area contributed by atoms with Gasteiger partial charge in [-0.3, -0.25) is 4.79 Å². The maximum absolute atomic E-state index is 15.0. The monoisotopic (exact) mass is 446 g/mol. The summed E-state index contributed by atoms with van der Waals surface area (Å²) in [6.07, 6.45) is 1.68. The lowest BCUT2D eigenvalue weighted by molar-refractivity contribution is 0.333. The third-order valence-corrected chi connectivity index (χ3v) is 6.00. The number of methoxy groups -OCH3 is 1. The molecule has 4 rings (SSSR count). The van der Waals surface area contributed by atoms with Crippen molar-refractivity contribution in [1.82, 2.24) is 14.9 Å². The Morgan fingerprint density at radius 2 is 1.82 bits per heavy atom. The number of hydrogen-bond donors (Lipinski definition) is 2. The molecular formula is C26H27FN4O2.